The van der Waals surface area contributed by atoms with Crippen molar-refractivity contribution in [3.63, 3.8) is 0 Å². The van der Waals surface area contributed by atoms with Crippen LogP contribution in [0, 0.1) is 0 Å². The van der Waals surface area contributed by atoms with Crippen LogP contribution in [-0.4, -0.2) is 36.0 Å². The van der Waals surface area contributed by atoms with Gasteiger partial charge in [0.25, 0.3) is 0 Å². The Morgan fingerprint density at radius 2 is 2.10 bits per heavy atom. The second kappa shape index (κ2) is 6.87. The average Bonchev–Trinajstić information content (AvgIpc) is 3.16. The van der Waals surface area contributed by atoms with E-state index in [2.05, 4.69) is 21.6 Å². The van der Waals surface area contributed by atoms with E-state index in [4.69, 9.17) is 9.47 Å². The van der Waals surface area contributed by atoms with E-state index in [1.165, 1.54) is 5.56 Å². The first kappa shape index (κ1) is 15.0. The molecule has 0 fully saturated rings. The van der Waals surface area contributed by atoms with E-state index < -0.39 is 0 Å². The van der Waals surface area contributed by atoms with Gasteiger partial charge in [-0.25, -0.2) is 0 Å². The van der Waals surface area contributed by atoms with Crippen molar-refractivity contribution in [3.05, 3.63) is 23.8 Å². The third-order valence-corrected chi connectivity index (χ3v) is 6.21. The molecule has 0 aliphatic carbocycles. The topological polar surface area (TPSA) is 56.3 Å². The van der Waals surface area contributed by atoms with Gasteiger partial charge in [0.05, 0.1) is 0 Å². The first-order chi connectivity index (χ1) is 10.3. The number of fused-ring (bicyclic) bond motifs is 1. The first-order valence-corrected chi connectivity index (χ1v) is 9.40. The van der Waals surface area contributed by atoms with E-state index in [0.29, 0.717) is 6.79 Å². The van der Waals surface area contributed by atoms with Crippen molar-refractivity contribution in [1.82, 2.24) is 15.5 Å². The zero-order valence-electron chi connectivity index (χ0n) is 11.7. The maximum absolute atomic E-state index is 5.43. The molecule has 112 valence electrons. The molecule has 1 aliphatic heterocycles. The summed E-state index contributed by atoms with van der Waals surface area (Å²) in [5.74, 6) is 2.52. The smallest absolute Gasteiger partial charge is 0.231 e. The summed E-state index contributed by atoms with van der Waals surface area (Å²) in [5.41, 5.74) is 1.18. The third-order valence-electron chi connectivity index (χ3n) is 3.08. The summed E-state index contributed by atoms with van der Waals surface area (Å²) >= 11 is 4.97. The lowest BCUT2D eigenvalue weighted by Crippen LogP contribution is -2.18. The van der Waals surface area contributed by atoms with Crippen LogP contribution < -0.4 is 14.8 Å². The van der Waals surface area contributed by atoms with Gasteiger partial charge >= 0.3 is 0 Å². The highest BCUT2D eigenvalue weighted by molar-refractivity contribution is 8.02. The summed E-state index contributed by atoms with van der Waals surface area (Å²) in [6.45, 7) is 0.306. The van der Waals surface area contributed by atoms with Gasteiger partial charge in [-0.15, -0.1) is 10.2 Å². The molecule has 1 aromatic heterocycles. The molecule has 1 N–H and O–H groups in total. The minimum atomic E-state index is 0.228. The highest BCUT2D eigenvalue weighted by Crippen LogP contribution is 2.36. The molecule has 0 bridgehead atoms. The van der Waals surface area contributed by atoms with E-state index in [1.54, 1.807) is 34.9 Å². The van der Waals surface area contributed by atoms with Crippen molar-refractivity contribution in [2.75, 3.05) is 25.8 Å². The number of nitrogens with one attached hydrogen (secondary N) is 1. The lowest BCUT2D eigenvalue weighted by atomic mass is 10.1. The molecule has 2 aromatic rings. The van der Waals surface area contributed by atoms with Gasteiger partial charge in [0, 0.05) is 11.8 Å². The average molecular weight is 341 g/mol. The predicted octanol–water partition coefficient (Wildman–Crippen LogP) is 3.04. The van der Waals surface area contributed by atoms with Gasteiger partial charge in [-0.2, -0.15) is 0 Å². The standard InChI is InChI=1S/C13H15N3O2S3/c1-14-9(6-20-13-16-15-12(19-2)21-13)8-3-4-10-11(5-8)18-7-17-10/h3-5,9,14H,6-7H2,1-2H3. The molecule has 0 saturated heterocycles. The molecule has 0 radical (unpaired) electrons. The fraction of sp³-hybridized carbons (Fsp3) is 0.385. The van der Waals surface area contributed by atoms with Gasteiger partial charge in [-0.1, -0.05) is 40.9 Å². The largest absolute Gasteiger partial charge is 0.454 e. The van der Waals surface area contributed by atoms with Crippen LogP contribution in [0.1, 0.15) is 11.6 Å². The lowest BCUT2D eigenvalue weighted by Gasteiger charge is -2.15. The molecule has 0 spiro atoms. The lowest BCUT2D eigenvalue weighted by molar-refractivity contribution is 0.174. The predicted molar refractivity (Wildman–Crippen MR) is 86.8 cm³/mol. The van der Waals surface area contributed by atoms with Crippen molar-refractivity contribution in [2.24, 2.45) is 0 Å². The summed E-state index contributed by atoms with van der Waals surface area (Å²) in [4.78, 5) is 0. The second-order valence-electron chi connectivity index (χ2n) is 4.30. The normalized spacial score (nSPS) is 14.4. The zero-order chi connectivity index (χ0) is 14.7. The van der Waals surface area contributed by atoms with Gasteiger partial charge in [0.15, 0.2) is 20.2 Å². The Balaban J connectivity index is 1.67. The Morgan fingerprint density at radius 3 is 2.86 bits per heavy atom. The van der Waals surface area contributed by atoms with Crippen LogP contribution in [0.4, 0.5) is 0 Å². The van der Waals surface area contributed by atoms with Crippen molar-refractivity contribution in [2.45, 2.75) is 14.7 Å². The molecular weight excluding hydrogens is 326 g/mol. The molecule has 1 aliphatic rings. The van der Waals surface area contributed by atoms with E-state index in [-0.39, 0.29) is 6.04 Å². The van der Waals surface area contributed by atoms with Crippen LogP contribution in [-0.2, 0) is 0 Å². The minimum Gasteiger partial charge on any atom is -0.454 e. The third kappa shape index (κ3) is 3.45. The molecule has 1 aromatic carbocycles. The maximum atomic E-state index is 5.43. The number of benzene rings is 1. The number of hydrogen-bond acceptors (Lipinski definition) is 8. The maximum Gasteiger partial charge on any atom is 0.231 e. The molecule has 1 unspecified atom stereocenters. The SMILES string of the molecule is CNC(CSc1nnc(SC)s1)c1ccc2c(c1)OCO2. The summed E-state index contributed by atoms with van der Waals surface area (Å²) in [7, 11) is 1.96. The van der Waals surface area contributed by atoms with Crippen molar-refractivity contribution in [1.29, 1.82) is 0 Å². The van der Waals surface area contributed by atoms with Gasteiger partial charge in [-0.05, 0) is 31.0 Å². The van der Waals surface area contributed by atoms with Crippen molar-refractivity contribution in [3.8, 4) is 11.5 Å². The summed E-state index contributed by atoms with van der Waals surface area (Å²) in [5, 5.41) is 11.6. The number of rotatable bonds is 6. The molecule has 2 heterocycles. The Hall–Kier alpha value is -0.960. The summed E-state index contributed by atoms with van der Waals surface area (Å²) in [6, 6.07) is 6.30. The minimum absolute atomic E-state index is 0.228. The van der Waals surface area contributed by atoms with E-state index in [9.17, 15) is 0 Å². The number of hydrogen-bond donors (Lipinski definition) is 1. The molecular formula is C13H15N3O2S3. The van der Waals surface area contributed by atoms with Gasteiger partial charge in [-0.3, -0.25) is 0 Å². The fourth-order valence-corrected chi connectivity index (χ4v) is 4.58. The summed E-state index contributed by atoms with van der Waals surface area (Å²) < 4.78 is 12.8. The van der Waals surface area contributed by atoms with Crippen molar-refractivity contribution >= 4 is 34.9 Å². The molecule has 1 atom stereocenters. The Morgan fingerprint density at radius 1 is 1.29 bits per heavy atom. The molecule has 3 rings (SSSR count). The molecule has 21 heavy (non-hydrogen) atoms. The zero-order valence-corrected chi connectivity index (χ0v) is 14.1. The monoisotopic (exact) mass is 341 g/mol. The van der Waals surface area contributed by atoms with E-state index in [1.807, 2.05) is 25.4 Å². The van der Waals surface area contributed by atoms with Gasteiger partial charge in [0.2, 0.25) is 6.79 Å². The summed E-state index contributed by atoms with van der Waals surface area (Å²) in [6.07, 6.45) is 2.01. The fourth-order valence-electron chi connectivity index (χ4n) is 1.97. The van der Waals surface area contributed by atoms with Gasteiger partial charge < -0.3 is 14.8 Å². The van der Waals surface area contributed by atoms with Gasteiger partial charge in [0.1, 0.15) is 0 Å². The van der Waals surface area contributed by atoms with Crippen LogP contribution >= 0.6 is 34.9 Å². The van der Waals surface area contributed by atoms with Crippen LogP contribution in [0.15, 0.2) is 26.9 Å². The molecule has 5 nitrogen and oxygen atoms in total. The van der Waals surface area contributed by atoms with Crippen molar-refractivity contribution < 1.29 is 9.47 Å². The Kier molecular flexibility index (Phi) is 4.89. The second-order valence-corrected chi connectivity index (χ2v) is 7.60. The molecule has 0 saturated carbocycles. The quantitative estimate of drug-likeness (QED) is 0.810. The van der Waals surface area contributed by atoms with Crippen LogP contribution in [0.3, 0.4) is 0 Å². The first-order valence-electron chi connectivity index (χ1n) is 6.37. The van der Waals surface area contributed by atoms with Crippen LogP contribution in [0.25, 0.3) is 0 Å². The molecule has 8 heteroatoms. The highest BCUT2D eigenvalue weighted by atomic mass is 32.2. The van der Waals surface area contributed by atoms with E-state index in [0.717, 1.165) is 25.9 Å². The number of nitrogens with zero attached hydrogens (tertiary/aromatic N) is 2. The van der Waals surface area contributed by atoms with Crippen LogP contribution in [0.5, 0.6) is 11.5 Å². The van der Waals surface area contributed by atoms with Crippen LogP contribution in [0.2, 0.25) is 0 Å². The van der Waals surface area contributed by atoms with E-state index >= 15 is 0 Å². The Bertz CT molecular complexity index is 620. The highest BCUT2D eigenvalue weighted by Gasteiger charge is 2.18. The number of ether oxygens (including phenoxy) is 2. The molecule has 0 amide bonds. The number of thioether (sulfide) groups is 2. The number of aromatic nitrogens is 2. The Labute approximate surface area is 135 Å².